The molecule has 0 aliphatic heterocycles. The molecule has 2 aliphatic rings. The zero-order valence-electron chi connectivity index (χ0n) is 18.5. The van der Waals surface area contributed by atoms with E-state index in [2.05, 4.69) is 25.9 Å². The van der Waals surface area contributed by atoms with Crippen LogP contribution in [0.15, 0.2) is 18.5 Å². The van der Waals surface area contributed by atoms with Crippen LogP contribution in [0.3, 0.4) is 0 Å². The van der Waals surface area contributed by atoms with Crippen molar-refractivity contribution in [1.29, 1.82) is 0 Å². The van der Waals surface area contributed by atoms with E-state index in [4.69, 9.17) is 11.6 Å². The van der Waals surface area contributed by atoms with Crippen LogP contribution in [0.25, 0.3) is 0 Å². The summed E-state index contributed by atoms with van der Waals surface area (Å²) in [5.74, 6) is 0.202. The van der Waals surface area contributed by atoms with E-state index in [-0.39, 0.29) is 23.9 Å². The van der Waals surface area contributed by atoms with Crippen LogP contribution < -0.4 is 16.0 Å². The summed E-state index contributed by atoms with van der Waals surface area (Å²) in [5.41, 5.74) is 1.67. The highest BCUT2D eigenvalue weighted by Gasteiger charge is 2.31. The van der Waals surface area contributed by atoms with Gasteiger partial charge in [0.05, 0.1) is 28.6 Å². The van der Waals surface area contributed by atoms with E-state index < -0.39 is 6.04 Å². The molecule has 2 heterocycles. The highest BCUT2D eigenvalue weighted by molar-refractivity contribution is 7.13. The van der Waals surface area contributed by atoms with Crippen LogP contribution in [0.2, 0.25) is 5.02 Å². The topological polar surface area (TPSA) is 96.0 Å². The molecule has 2 atom stereocenters. The Balaban J connectivity index is 1.40. The monoisotopic (exact) mass is 475 g/mol. The summed E-state index contributed by atoms with van der Waals surface area (Å²) in [6.45, 7) is 3.89. The Morgan fingerprint density at radius 2 is 1.94 bits per heavy atom. The van der Waals surface area contributed by atoms with Gasteiger partial charge in [0.2, 0.25) is 5.91 Å². The lowest BCUT2D eigenvalue weighted by molar-refractivity contribution is -0.123. The van der Waals surface area contributed by atoms with Crippen molar-refractivity contribution in [3.05, 3.63) is 39.1 Å². The molecule has 3 N–H and O–H groups in total. The van der Waals surface area contributed by atoms with E-state index >= 15 is 0 Å². The van der Waals surface area contributed by atoms with Gasteiger partial charge in [0.1, 0.15) is 15.9 Å². The summed E-state index contributed by atoms with van der Waals surface area (Å²) in [6, 6.07) is 1.49. The van der Waals surface area contributed by atoms with Crippen molar-refractivity contribution in [2.24, 2.45) is 5.92 Å². The summed E-state index contributed by atoms with van der Waals surface area (Å²) in [5, 5.41) is 10.7. The fraction of sp³-hybridized carbons (Fsp3) is 0.565. The number of anilines is 1. The third-order valence-corrected chi connectivity index (χ3v) is 7.52. The van der Waals surface area contributed by atoms with Gasteiger partial charge in [-0.15, -0.1) is 11.3 Å². The third-order valence-electron chi connectivity index (χ3n) is 6.13. The zero-order valence-corrected chi connectivity index (χ0v) is 20.1. The molecule has 2 saturated carbocycles. The minimum atomic E-state index is -0.493. The van der Waals surface area contributed by atoms with Gasteiger partial charge in [0.25, 0.3) is 5.91 Å². The number of aromatic nitrogens is 2. The maximum absolute atomic E-state index is 13.0. The van der Waals surface area contributed by atoms with E-state index in [9.17, 15) is 9.59 Å². The lowest BCUT2D eigenvalue weighted by atomic mass is 9.97. The largest absolute Gasteiger partial charge is 0.375 e. The Morgan fingerprint density at radius 1 is 1.19 bits per heavy atom. The number of aryl methyl sites for hydroxylation is 1. The Bertz CT molecular complexity index is 971. The number of hydrogen-bond donors (Lipinski definition) is 3. The Labute approximate surface area is 197 Å². The van der Waals surface area contributed by atoms with Crippen LogP contribution in [0, 0.1) is 12.8 Å². The van der Waals surface area contributed by atoms with Crippen LogP contribution >= 0.6 is 22.9 Å². The number of halogens is 1. The molecule has 2 aromatic heterocycles. The van der Waals surface area contributed by atoms with Gasteiger partial charge in [-0.25, -0.2) is 4.98 Å². The molecule has 4 rings (SSSR count). The minimum absolute atomic E-state index is 0.0588. The van der Waals surface area contributed by atoms with Crippen molar-refractivity contribution in [2.75, 3.05) is 5.32 Å². The van der Waals surface area contributed by atoms with E-state index in [0.717, 1.165) is 42.1 Å². The average Bonchev–Trinajstić information content (AvgIpc) is 3.22. The molecule has 0 saturated heterocycles. The van der Waals surface area contributed by atoms with E-state index in [1.165, 1.54) is 24.2 Å². The molecule has 0 bridgehead atoms. The molecule has 7 nitrogen and oxygen atoms in total. The van der Waals surface area contributed by atoms with Crippen molar-refractivity contribution in [2.45, 2.75) is 76.9 Å². The maximum Gasteiger partial charge on any atom is 0.263 e. The second kappa shape index (κ2) is 10.2. The first-order valence-electron chi connectivity index (χ1n) is 11.3. The first-order chi connectivity index (χ1) is 15.4. The van der Waals surface area contributed by atoms with Crippen molar-refractivity contribution in [1.82, 2.24) is 20.6 Å². The van der Waals surface area contributed by atoms with Crippen LogP contribution in [-0.2, 0) is 4.79 Å². The van der Waals surface area contributed by atoms with Gasteiger partial charge < -0.3 is 16.0 Å². The molecule has 0 aromatic carbocycles. The number of thiazole rings is 1. The zero-order chi connectivity index (χ0) is 22.7. The molecule has 2 amide bonds. The quantitative estimate of drug-likeness (QED) is 0.491. The normalized spacial score (nSPS) is 18.2. The van der Waals surface area contributed by atoms with Crippen LogP contribution in [-0.4, -0.2) is 33.9 Å². The van der Waals surface area contributed by atoms with Crippen molar-refractivity contribution in [3.8, 4) is 0 Å². The van der Waals surface area contributed by atoms with Crippen molar-refractivity contribution >= 4 is 40.4 Å². The van der Waals surface area contributed by atoms with Gasteiger partial charge in [-0.1, -0.05) is 37.3 Å². The number of rotatable bonds is 9. The summed E-state index contributed by atoms with van der Waals surface area (Å²) in [7, 11) is 0. The summed E-state index contributed by atoms with van der Waals surface area (Å²) >= 11 is 7.39. The number of hydrogen-bond acceptors (Lipinski definition) is 6. The predicted molar refractivity (Wildman–Crippen MR) is 127 cm³/mol. The van der Waals surface area contributed by atoms with Gasteiger partial charge in [0, 0.05) is 12.2 Å². The first-order valence-corrected chi connectivity index (χ1v) is 12.5. The molecule has 2 aliphatic carbocycles. The number of carbonyl (C=O) groups excluding carboxylic acids is 2. The van der Waals surface area contributed by atoms with Crippen molar-refractivity contribution in [3.63, 3.8) is 0 Å². The molecule has 32 heavy (non-hydrogen) atoms. The van der Waals surface area contributed by atoms with E-state index in [1.54, 1.807) is 12.4 Å². The molecule has 2 unspecified atom stereocenters. The number of carbonyl (C=O) groups is 2. The molecule has 172 valence electrons. The molecule has 0 spiro atoms. The molecule has 2 aromatic rings. The van der Waals surface area contributed by atoms with E-state index in [1.807, 2.05) is 19.9 Å². The van der Waals surface area contributed by atoms with Gasteiger partial charge in [0.15, 0.2) is 0 Å². The van der Waals surface area contributed by atoms with Crippen molar-refractivity contribution < 1.29 is 9.59 Å². The second-order valence-electron chi connectivity index (χ2n) is 8.91. The third kappa shape index (κ3) is 5.98. The second-order valence-corrected chi connectivity index (χ2v) is 10.4. The van der Waals surface area contributed by atoms with E-state index in [0.29, 0.717) is 22.2 Å². The van der Waals surface area contributed by atoms with Gasteiger partial charge >= 0.3 is 0 Å². The fourth-order valence-corrected chi connectivity index (χ4v) is 5.09. The summed E-state index contributed by atoms with van der Waals surface area (Å²) in [4.78, 5) is 34.9. The number of pyridine rings is 1. The fourth-order valence-electron chi connectivity index (χ4n) is 4.11. The summed E-state index contributed by atoms with van der Waals surface area (Å²) < 4.78 is 0. The first kappa shape index (κ1) is 23.0. The van der Waals surface area contributed by atoms with Crippen LogP contribution in [0.4, 0.5) is 5.69 Å². The Hall–Kier alpha value is -2.19. The Morgan fingerprint density at radius 3 is 2.66 bits per heavy atom. The molecule has 2 fully saturated rings. The lowest BCUT2D eigenvalue weighted by Gasteiger charge is -2.21. The number of amides is 2. The average molecular weight is 476 g/mol. The standard InChI is InChI=1S/C23H30ClN5O2S/c1-13-18(10-16(24)11-25-13)27-14(2)23-26-12-20(32-23)22(31)29-19(9-15-5-3-4-6-15)21(30)28-17-7-8-17/h10-12,14-15,17,19,27H,3-9H2,1-2H3,(H,28,30)(H,29,31). The number of nitrogens with one attached hydrogen (secondary N) is 3. The highest BCUT2D eigenvalue weighted by Crippen LogP contribution is 2.30. The van der Waals surface area contributed by atoms with Gasteiger partial charge in [-0.05, 0) is 45.1 Å². The predicted octanol–water partition coefficient (Wildman–Crippen LogP) is 4.63. The molecule has 9 heteroatoms. The van der Waals surface area contributed by atoms with Gasteiger partial charge in [-0.2, -0.15) is 0 Å². The number of nitrogens with zero attached hydrogens (tertiary/aromatic N) is 2. The highest BCUT2D eigenvalue weighted by atomic mass is 35.5. The molecular formula is C23H30ClN5O2S. The summed E-state index contributed by atoms with van der Waals surface area (Å²) in [6.07, 6.45) is 10.6. The van der Waals surface area contributed by atoms with Crippen LogP contribution in [0.1, 0.15) is 78.3 Å². The minimum Gasteiger partial charge on any atom is -0.375 e. The van der Waals surface area contributed by atoms with Crippen LogP contribution in [0.5, 0.6) is 0 Å². The smallest absolute Gasteiger partial charge is 0.263 e. The molecular weight excluding hydrogens is 446 g/mol. The lowest BCUT2D eigenvalue weighted by Crippen LogP contribution is -2.48. The maximum atomic E-state index is 13.0. The molecule has 0 radical (unpaired) electrons. The SMILES string of the molecule is Cc1ncc(Cl)cc1NC(C)c1ncc(C(=O)NC(CC2CCCC2)C(=O)NC2CC2)s1. The Kier molecular flexibility index (Phi) is 7.30. The van der Waals surface area contributed by atoms with Gasteiger partial charge in [-0.3, -0.25) is 14.6 Å².